The largest absolute Gasteiger partial charge is 0.328 e. The highest BCUT2D eigenvalue weighted by molar-refractivity contribution is 6.30. The van der Waals surface area contributed by atoms with Crippen molar-refractivity contribution in [2.45, 2.75) is 6.54 Å². The summed E-state index contributed by atoms with van der Waals surface area (Å²) < 4.78 is 0. The van der Waals surface area contributed by atoms with Crippen LogP contribution in [0.25, 0.3) is 6.08 Å². The lowest BCUT2D eigenvalue weighted by molar-refractivity contribution is -0.918. The minimum atomic E-state index is 0.802. The summed E-state index contributed by atoms with van der Waals surface area (Å²) >= 11 is 5.94. The van der Waals surface area contributed by atoms with Crippen LogP contribution in [-0.2, 0) is 6.54 Å². The molecule has 1 N–H and O–H groups in total. The summed E-state index contributed by atoms with van der Waals surface area (Å²) in [7, 11) is 0. The molecule has 0 aromatic heterocycles. The third-order valence-corrected chi connectivity index (χ3v) is 4.47. The van der Waals surface area contributed by atoms with Gasteiger partial charge in [-0.15, -0.1) is 0 Å². The van der Waals surface area contributed by atoms with Crippen molar-refractivity contribution in [2.24, 2.45) is 5.10 Å². The summed E-state index contributed by atoms with van der Waals surface area (Å²) in [6, 6.07) is 18.5. The summed E-state index contributed by atoms with van der Waals surface area (Å²) in [6.45, 7) is 5.28. The van der Waals surface area contributed by atoms with Crippen molar-refractivity contribution in [3.8, 4) is 0 Å². The Balaban J connectivity index is 1.42. The lowest BCUT2D eigenvalue weighted by atomic mass is 10.2. The average molecular weight is 341 g/mol. The molecule has 1 fully saturated rings. The summed E-state index contributed by atoms with van der Waals surface area (Å²) in [5, 5.41) is 7.50. The van der Waals surface area contributed by atoms with Crippen LogP contribution in [-0.4, -0.2) is 37.4 Å². The van der Waals surface area contributed by atoms with Crippen LogP contribution in [0, 0.1) is 0 Å². The lowest BCUT2D eigenvalue weighted by Crippen LogP contribution is -3.13. The van der Waals surface area contributed by atoms with Crippen molar-refractivity contribution in [1.82, 2.24) is 5.01 Å². The van der Waals surface area contributed by atoms with Crippen molar-refractivity contribution in [3.63, 3.8) is 0 Å². The molecule has 124 valence electrons. The van der Waals surface area contributed by atoms with E-state index in [1.54, 1.807) is 4.90 Å². The van der Waals surface area contributed by atoms with Crippen LogP contribution >= 0.6 is 11.6 Å². The second kappa shape index (κ2) is 8.67. The van der Waals surface area contributed by atoms with Gasteiger partial charge in [-0.25, -0.2) is 0 Å². The van der Waals surface area contributed by atoms with E-state index in [9.17, 15) is 0 Å². The van der Waals surface area contributed by atoms with Gasteiger partial charge in [0, 0.05) is 16.8 Å². The van der Waals surface area contributed by atoms with Gasteiger partial charge in [0.25, 0.3) is 0 Å². The maximum absolute atomic E-state index is 5.94. The maximum Gasteiger partial charge on any atom is 0.103 e. The minimum absolute atomic E-state index is 0.802. The number of piperazine rings is 1. The molecule has 0 atom stereocenters. The Kier molecular flexibility index (Phi) is 6.05. The van der Waals surface area contributed by atoms with E-state index < -0.39 is 0 Å². The van der Waals surface area contributed by atoms with E-state index in [0.717, 1.165) is 37.7 Å². The molecule has 1 heterocycles. The predicted molar refractivity (Wildman–Crippen MR) is 101 cm³/mol. The van der Waals surface area contributed by atoms with Crippen LogP contribution in [0.15, 0.2) is 65.8 Å². The van der Waals surface area contributed by atoms with Gasteiger partial charge in [0.1, 0.15) is 6.54 Å². The Labute approximate surface area is 148 Å². The molecule has 0 aliphatic carbocycles. The van der Waals surface area contributed by atoms with Crippen molar-refractivity contribution in [3.05, 3.63) is 76.8 Å². The van der Waals surface area contributed by atoms with Crippen molar-refractivity contribution >= 4 is 23.9 Å². The highest BCUT2D eigenvalue weighted by Gasteiger charge is 2.18. The molecular weight excluding hydrogens is 318 g/mol. The zero-order valence-corrected chi connectivity index (χ0v) is 14.5. The fourth-order valence-corrected chi connectivity index (χ4v) is 2.97. The highest BCUT2D eigenvalue weighted by Crippen LogP contribution is 2.08. The number of rotatable bonds is 5. The first-order chi connectivity index (χ1) is 11.8. The number of hydrogen-bond acceptors (Lipinski definition) is 2. The van der Waals surface area contributed by atoms with Crippen molar-refractivity contribution in [2.75, 3.05) is 26.2 Å². The van der Waals surface area contributed by atoms with Crippen LogP contribution in [0.4, 0.5) is 0 Å². The van der Waals surface area contributed by atoms with Gasteiger partial charge in [-0.3, -0.25) is 5.01 Å². The average Bonchev–Trinajstić information content (AvgIpc) is 2.63. The Morgan fingerprint density at radius 1 is 1.00 bits per heavy atom. The van der Waals surface area contributed by atoms with E-state index in [0.29, 0.717) is 0 Å². The zero-order chi connectivity index (χ0) is 16.6. The predicted octanol–water partition coefficient (Wildman–Crippen LogP) is 2.74. The first-order valence-corrected chi connectivity index (χ1v) is 8.76. The number of nitrogens with zero attached hydrogens (tertiary/aromatic N) is 2. The van der Waals surface area contributed by atoms with Gasteiger partial charge < -0.3 is 4.90 Å². The van der Waals surface area contributed by atoms with Gasteiger partial charge in [-0.1, -0.05) is 60.1 Å². The minimum Gasteiger partial charge on any atom is -0.328 e. The second-order valence-electron chi connectivity index (χ2n) is 6.04. The fourth-order valence-electron chi connectivity index (χ4n) is 2.85. The first-order valence-electron chi connectivity index (χ1n) is 8.38. The van der Waals surface area contributed by atoms with Gasteiger partial charge in [-0.2, -0.15) is 5.10 Å². The third-order valence-electron chi connectivity index (χ3n) is 4.22. The van der Waals surface area contributed by atoms with Crippen LogP contribution in [0.1, 0.15) is 11.1 Å². The smallest absolute Gasteiger partial charge is 0.103 e. The van der Waals surface area contributed by atoms with Crippen LogP contribution in [0.2, 0.25) is 5.02 Å². The summed E-state index contributed by atoms with van der Waals surface area (Å²) in [6.07, 6.45) is 5.96. The number of benzene rings is 2. The molecule has 4 heteroatoms. The standard InChI is InChI=1S/C20H22ClN3/c21-20-10-8-19(9-11-20)17-23-13-15-24(16-14-23)22-12-4-7-18-5-2-1-3-6-18/h1-12H,13-17H2/p+1/b7-4+,22-12-. The second-order valence-corrected chi connectivity index (χ2v) is 6.48. The van der Waals surface area contributed by atoms with E-state index in [1.807, 2.05) is 42.6 Å². The first kappa shape index (κ1) is 16.7. The van der Waals surface area contributed by atoms with Crippen LogP contribution < -0.4 is 4.90 Å². The SMILES string of the molecule is Clc1ccc(C[NH+]2CCN(/N=C\C=C\c3ccccc3)CC2)cc1. The third kappa shape index (κ3) is 5.22. The van der Waals surface area contributed by atoms with E-state index >= 15 is 0 Å². The number of quaternary nitrogens is 1. The van der Waals surface area contributed by atoms with Crippen LogP contribution in [0.5, 0.6) is 0 Å². The molecule has 0 amide bonds. The number of nitrogens with one attached hydrogen (secondary N) is 1. The molecule has 0 saturated carbocycles. The Morgan fingerprint density at radius 3 is 2.42 bits per heavy atom. The molecule has 1 aliphatic heterocycles. The van der Waals surface area contributed by atoms with E-state index in [1.165, 1.54) is 11.1 Å². The van der Waals surface area contributed by atoms with Gasteiger partial charge in [0.2, 0.25) is 0 Å². The van der Waals surface area contributed by atoms with Crippen LogP contribution in [0.3, 0.4) is 0 Å². The summed E-state index contributed by atoms with van der Waals surface area (Å²) in [5.74, 6) is 0. The Hall–Kier alpha value is -2.10. The number of hydrazone groups is 1. The topological polar surface area (TPSA) is 20.0 Å². The molecule has 3 nitrogen and oxygen atoms in total. The molecule has 2 aromatic rings. The number of halogens is 1. The summed E-state index contributed by atoms with van der Waals surface area (Å²) in [5.41, 5.74) is 2.54. The molecule has 1 saturated heterocycles. The van der Waals surface area contributed by atoms with Gasteiger partial charge in [0.15, 0.2) is 0 Å². The molecule has 2 aromatic carbocycles. The van der Waals surface area contributed by atoms with Crippen molar-refractivity contribution < 1.29 is 4.90 Å². The molecule has 0 radical (unpaired) electrons. The molecule has 24 heavy (non-hydrogen) atoms. The van der Waals surface area contributed by atoms with Crippen molar-refractivity contribution in [1.29, 1.82) is 0 Å². The van der Waals surface area contributed by atoms with Gasteiger partial charge in [-0.05, 0) is 23.8 Å². The molecule has 0 spiro atoms. The number of allylic oxidation sites excluding steroid dienone is 1. The quantitative estimate of drug-likeness (QED) is 0.830. The molecule has 0 bridgehead atoms. The normalized spacial score (nSPS) is 16.3. The van der Waals surface area contributed by atoms with E-state index in [4.69, 9.17) is 11.6 Å². The summed E-state index contributed by atoms with van der Waals surface area (Å²) in [4.78, 5) is 1.60. The molecular formula is C20H23ClN3+. The Morgan fingerprint density at radius 2 is 1.71 bits per heavy atom. The Bertz CT molecular complexity index is 672. The fraction of sp³-hybridized carbons (Fsp3) is 0.250. The van der Waals surface area contributed by atoms with E-state index in [-0.39, 0.29) is 0 Å². The number of hydrogen-bond donors (Lipinski definition) is 1. The molecule has 3 rings (SSSR count). The molecule has 0 unspecified atom stereocenters. The maximum atomic E-state index is 5.94. The lowest BCUT2D eigenvalue weighted by Gasteiger charge is -2.30. The van der Waals surface area contributed by atoms with E-state index in [2.05, 4.69) is 40.5 Å². The highest BCUT2D eigenvalue weighted by atomic mass is 35.5. The van der Waals surface area contributed by atoms with Gasteiger partial charge in [0.05, 0.1) is 26.2 Å². The zero-order valence-electron chi connectivity index (χ0n) is 13.7. The van der Waals surface area contributed by atoms with Gasteiger partial charge >= 0.3 is 0 Å². The monoisotopic (exact) mass is 340 g/mol. The molecule has 1 aliphatic rings.